The Morgan fingerprint density at radius 1 is 1.12 bits per heavy atom. The van der Waals surface area contributed by atoms with Crippen molar-refractivity contribution >= 4 is 5.78 Å². The SMILES string of the molecule is C=C(C)CCC(C)CCCCC1CCC2C3=CC(=O)C4(N)CC(O)C(O)CC4(C)C3CCC12C. The van der Waals surface area contributed by atoms with Gasteiger partial charge in [0.2, 0.25) is 0 Å². The normalized spacial score (nSPS) is 44.6. The quantitative estimate of drug-likeness (QED) is 0.313. The molecule has 0 amide bonds. The van der Waals surface area contributed by atoms with Gasteiger partial charge in [0, 0.05) is 11.8 Å². The first-order valence-electron chi connectivity index (χ1n) is 14.0. The third kappa shape index (κ3) is 4.26. The van der Waals surface area contributed by atoms with Gasteiger partial charge >= 0.3 is 0 Å². The van der Waals surface area contributed by atoms with Crippen LogP contribution in [-0.4, -0.2) is 33.7 Å². The molecule has 3 fully saturated rings. The van der Waals surface area contributed by atoms with E-state index in [9.17, 15) is 15.0 Å². The summed E-state index contributed by atoms with van der Waals surface area (Å²) in [4.78, 5) is 13.4. The average Bonchev–Trinajstić information content (AvgIpc) is 3.09. The number of ketones is 1. The van der Waals surface area contributed by atoms with Crippen molar-refractivity contribution in [1.29, 1.82) is 0 Å². The summed E-state index contributed by atoms with van der Waals surface area (Å²) in [6, 6.07) is 0. The van der Waals surface area contributed by atoms with Crippen molar-refractivity contribution in [2.75, 3.05) is 0 Å². The van der Waals surface area contributed by atoms with Gasteiger partial charge in [0.05, 0.1) is 17.7 Å². The Labute approximate surface area is 207 Å². The largest absolute Gasteiger partial charge is 0.390 e. The molecule has 0 spiro atoms. The van der Waals surface area contributed by atoms with E-state index in [0.29, 0.717) is 12.3 Å². The molecule has 4 rings (SSSR count). The highest BCUT2D eigenvalue weighted by Gasteiger charge is 2.65. The zero-order valence-electron chi connectivity index (χ0n) is 22.1. The van der Waals surface area contributed by atoms with Crippen LogP contribution in [0.5, 0.6) is 0 Å². The van der Waals surface area contributed by atoms with E-state index in [-0.39, 0.29) is 23.5 Å². The molecule has 34 heavy (non-hydrogen) atoms. The van der Waals surface area contributed by atoms with Gasteiger partial charge in [-0.1, -0.05) is 51.2 Å². The van der Waals surface area contributed by atoms with E-state index in [4.69, 9.17) is 5.73 Å². The van der Waals surface area contributed by atoms with Crippen LogP contribution in [0.2, 0.25) is 0 Å². The second-order valence-electron chi connectivity index (χ2n) is 13.2. The molecule has 192 valence electrons. The third-order valence-electron chi connectivity index (χ3n) is 11.0. The summed E-state index contributed by atoms with van der Waals surface area (Å²) in [7, 11) is 0. The molecule has 9 atom stereocenters. The van der Waals surface area contributed by atoms with Crippen molar-refractivity contribution < 1.29 is 15.0 Å². The first-order chi connectivity index (χ1) is 15.9. The van der Waals surface area contributed by atoms with E-state index in [1.165, 1.54) is 62.5 Å². The Morgan fingerprint density at radius 3 is 2.53 bits per heavy atom. The van der Waals surface area contributed by atoms with E-state index in [0.717, 1.165) is 24.7 Å². The van der Waals surface area contributed by atoms with E-state index < -0.39 is 23.2 Å². The van der Waals surface area contributed by atoms with Crippen LogP contribution >= 0.6 is 0 Å². The van der Waals surface area contributed by atoms with Crippen LogP contribution in [0.1, 0.15) is 105 Å². The van der Waals surface area contributed by atoms with Crippen LogP contribution in [0.3, 0.4) is 0 Å². The molecule has 4 N–H and O–H groups in total. The number of allylic oxidation sites excluding steroid dienone is 2. The van der Waals surface area contributed by atoms with Crippen LogP contribution in [0.25, 0.3) is 0 Å². The smallest absolute Gasteiger partial charge is 0.176 e. The second-order valence-corrected chi connectivity index (χ2v) is 13.2. The predicted molar refractivity (Wildman–Crippen MR) is 138 cm³/mol. The second kappa shape index (κ2) is 9.48. The fourth-order valence-corrected chi connectivity index (χ4v) is 8.55. The number of nitrogens with two attached hydrogens (primary N) is 1. The summed E-state index contributed by atoms with van der Waals surface area (Å²) in [6.07, 6.45) is 13.1. The van der Waals surface area contributed by atoms with Crippen molar-refractivity contribution in [3.63, 3.8) is 0 Å². The summed E-state index contributed by atoms with van der Waals surface area (Å²) >= 11 is 0. The number of aliphatic hydroxyl groups is 2. The van der Waals surface area contributed by atoms with Crippen LogP contribution in [0.4, 0.5) is 0 Å². The standard InChI is InChI=1S/C30H49NO3/c1-19(2)10-11-20(3)8-6-7-9-21-12-13-23-22-16-27(34)30(31)18-26(33)25(32)17-29(30,5)24(22)14-15-28(21,23)4/h16,20-21,23-26,32-33H,1,6-15,17-18,31H2,2-5H3. The van der Waals surface area contributed by atoms with Crippen LogP contribution in [-0.2, 0) is 4.79 Å². The third-order valence-corrected chi connectivity index (χ3v) is 11.0. The molecule has 4 aliphatic carbocycles. The number of carbonyl (C=O) groups is 1. The number of rotatable bonds is 8. The topological polar surface area (TPSA) is 83.6 Å². The van der Waals surface area contributed by atoms with E-state index >= 15 is 0 Å². The monoisotopic (exact) mass is 471 g/mol. The molecular weight excluding hydrogens is 422 g/mol. The summed E-state index contributed by atoms with van der Waals surface area (Å²) < 4.78 is 0. The fourth-order valence-electron chi connectivity index (χ4n) is 8.55. The molecule has 4 heteroatoms. The van der Waals surface area contributed by atoms with Crippen molar-refractivity contribution in [2.45, 2.75) is 122 Å². The highest BCUT2D eigenvalue weighted by molar-refractivity contribution is 6.00. The van der Waals surface area contributed by atoms with E-state index in [1.807, 2.05) is 6.08 Å². The maximum Gasteiger partial charge on any atom is 0.176 e. The molecule has 0 aliphatic heterocycles. The van der Waals surface area contributed by atoms with Gasteiger partial charge in [0.1, 0.15) is 0 Å². The first-order valence-corrected chi connectivity index (χ1v) is 14.0. The molecule has 3 saturated carbocycles. The zero-order valence-corrected chi connectivity index (χ0v) is 22.1. The Balaban J connectivity index is 1.43. The molecule has 0 heterocycles. The Morgan fingerprint density at radius 2 is 1.82 bits per heavy atom. The predicted octanol–water partition coefficient (Wildman–Crippen LogP) is 5.71. The number of carbonyl (C=O) groups excluding carboxylic acids is 1. The van der Waals surface area contributed by atoms with Gasteiger partial charge in [-0.25, -0.2) is 0 Å². The van der Waals surface area contributed by atoms with Gasteiger partial charge in [0.15, 0.2) is 5.78 Å². The number of fused-ring (bicyclic) bond motifs is 5. The molecule has 4 nitrogen and oxygen atoms in total. The van der Waals surface area contributed by atoms with Crippen LogP contribution in [0, 0.1) is 34.5 Å². The van der Waals surface area contributed by atoms with Crippen LogP contribution < -0.4 is 5.73 Å². The Bertz CT molecular complexity index is 835. The van der Waals surface area contributed by atoms with Gasteiger partial charge in [-0.15, -0.1) is 6.58 Å². The molecule has 0 aromatic rings. The summed E-state index contributed by atoms with van der Waals surface area (Å²) in [5.41, 5.74) is 8.11. The fraction of sp³-hybridized carbons (Fsp3) is 0.833. The molecule has 0 radical (unpaired) electrons. The van der Waals surface area contributed by atoms with Crippen molar-refractivity contribution in [2.24, 2.45) is 40.2 Å². The van der Waals surface area contributed by atoms with Crippen LogP contribution in [0.15, 0.2) is 23.8 Å². The van der Waals surface area contributed by atoms with Gasteiger partial charge in [-0.3, -0.25) is 4.79 Å². The molecule has 0 aromatic heterocycles. The van der Waals surface area contributed by atoms with Gasteiger partial charge in [-0.05, 0) is 93.5 Å². The molecule has 9 unspecified atom stereocenters. The lowest BCUT2D eigenvalue weighted by Crippen LogP contribution is -2.70. The minimum Gasteiger partial charge on any atom is -0.390 e. The minimum atomic E-state index is -1.06. The van der Waals surface area contributed by atoms with E-state index in [2.05, 4.69) is 34.3 Å². The maximum atomic E-state index is 13.4. The van der Waals surface area contributed by atoms with Crippen molar-refractivity contribution in [3.8, 4) is 0 Å². The van der Waals surface area contributed by atoms with Crippen molar-refractivity contribution in [1.82, 2.24) is 0 Å². The number of unbranched alkanes of at least 4 members (excludes halogenated alkanes) is 1. The number of hydrogen-bond acceptors (Lipinski definition) is 4. The lowest BCUT2D eigenvalue weighted by Gasteiger charge is -2.61. The van der Waals surface area contributed by atoms with Gasteiger partial charge in [0.25, 0.3) is 0 Å². The maximum absolute atomic E-state index is 13.4. The molecule has 0 bridgehead atoms. The highest BCUT2D eigenvalue weighted by Crippen LogP contribution is 2.66. The number of aliphatic hydroxyl groups excluding tert-OH is 2. The Kier molecular flexibility index (Phi) is 7.28. The van der Waals surface area contributed by atoms with Gasteiger partial charge in [-0.2, -0.15) is 0 Å². The van der Waals surface area contributed by atoms with E-state index in [1.54, 1.807) is 0 Å². The summed E-state index contributed by atoms with van der Waals surface area (Å²) in [6.45, 7) is 13.1. The lowest BCUT2D eigenvalue weighted by atomic mass is 9.45. The number of hydrogen-bond donors (Lipinski definition) is 3. The summed E-state index contributed by atoms with van der Waals surface area (Å²) in [5, 5.41) is 20.9. The Hall–Kier alpha value is -0.970. The van der Waals surface area contributed by atoms with Crippen molar-refractivity contribution in [3.05, 3.63) is 23.8 Å². The molecular formula is C30H49NO3. The van der Waals surface area contributed by atoms with Gasteiger partial charge < -0.3 is 15.9 Å². The first kappa shape index (κ1) is 26.1. The zero-order chi connectivity index (χ0) is 24.9. The molecule has 0 saturated heterocycles. The lowest BCUT2D eigenvalue weighted by molar-refractivity contribution is -0.149. The molecule has 4 aliphatic rings. The summed E-state index contributed by atoms with van der Waals surface area (Å²) in [5.74, 6) is 2.18. The highest BCUT2D eigenvalue weighted by atomic mass is 16.3. The average molecular weight is 472 g/mol. The molecule has 0 aromatic carbocycles. The minimum absolute atomic E-state index is 0.0244.